The maximum absolute atomic E-state index is 13.4. The van der Waals surface area contributed by atoms with Crippen molar-refractivity contribution in [3.8, 4) is 0 Å². The highest BCUT2D eigenvalue weighted by atomic mass is 32.2. The van der Waals surface area contributed by atoms with E-state index in [0.717, 1.165) is 30.7 Å². The molecule has 1 saturated heterocycles. The fourth-order valence-electron chi connectivity index (χ4n) is 5.43. The fraction of sp³-hybridized carbons (Fsp3) is 0.556. The summed E-state index contributed by atoms with van der Waals surface area (Å²) in [4.78, 5) is 19.4. The van der Waals surface area contributed by atoms with Crippen molar-refractivity contribution < 1.29 is 17.6 Å². The summed E-state index contributed by atoms with van der Waals surface area (Å²) in [5.74, 6) is 1.42. The van der Waals surface area contributed by atoms with Gasteiger partial charge in [0.2, 0.25) is 14.9 Å². The van der Waals surface area contributed by atoms with Crippen LogP contribution < -0.4 is 0 Å². The van der Waals surface area contributed by atoms with Crippen LogP contribution in [0.4, 0.5) is 0 Å². The van der Waals surface area contributed by atoms with Crippen LogP contribution in [0.1, 0.15) is 82.1 Å². The van der Waals surface area contributed by atoms with Gasteiger partial charge in [-0.05, 0) is 61.9 Å². The van der Waals surface area contributed by atoms with E-state index >= 15 is 0 Å². The number of fused-ring (bicyclic) bond motifs is 1. The minimum absolute atomic E-state index is 0.0679. The topological polar surface area (TPSA) is 85.4 Å². The van der Waals surface area contributed by atoms with Gasteiger partial charge in [-0.25, -0.2) is 13.4 Å². The minimum Gasteiger partial charge on any atom is -0.439 e. The van der Waals surface area contributed by atoms with Crippen LogP contribution in [0.25, 0.3) is 11.0 Å². The molecule has 5 rings (SSSR count). The monoisotopic (exact) mass is 497 g/mol. The van der Waals surface area contributed by atoms with E-state index in [-0.39, 0.29) is 27.1 Å². The molecule has 0 spiro atoms. The number of hydrogen-bond acceptors (Lipinski definition) is 5. The average Bonchev–Trinajstić information content (AvgIpc) is 3.59. The number of sulfone groups is 1. The van der Waals surface area contributed by atoms with Crippen molar-refractivity contribution in [2.24, 2.45) is 5.92 Å². The predicted octanol–water partition coefficient (Wildman–Crippen LogP) is 5.58. The predicted molar refractivity (Wildman–Crippen MR) is 134 cm³/mol. The van der Waals surface area contributed by atoms with E-state index in [9.17, 15) is 13.2 Å². The standard InChI is InChI=1S/C27H35N3O4S/c1-27(2,3)26-28-21-17-20(11-12-22(21)30(26)18-19-9-5-4-6-10-19)35(32,33)24-14-13-23(34-24)25(31)29-15-7-8-16-29/h11-14,17,19H,4-10,15-16,18H2,1-3H3. The lowest BCUT2D eigenvalue weighted by Gasteiger charge is -2.26. The molecule has 0 unspecified atom stereocenters. The number of imidazole rings is 1. The van der Waals surface area contributed by atoms with Crippen LogP contribution in [0, 0.1) is 5.92 Å². The first kappa shape index (κ1) is 24.1. The summed E-state index contributed by atoms with van der Waals surface area (Å²) in [5, 5.41) is -0.211. The molecule has 188 valence electrons. The number of carbonyl (C=O) groups is 1. The van der Waals surface area contributed by atoms with E-state index < -0.39 is 9.84 Å². The molecule has 0 N–H and O–H groups in total. The van der Waals surface area contributed by atoms with Gasteiger partial charge in [0, 0.05) is 25.0 Å². The molecule has 1 amide bonds. The first-order valence-electron chi connectivity index (χ1n) is 12.8. The van der Waals surface area contributed by atoms with Gasteiger partial charge in [0.05, 0.1) is 15.9 Å². The molecule has 1 aromatic carbocycles. The van der Waals surface area contributed by atoms with Gasteiger partial charge >= 0.3 is 0 Å². The second-order valence-corrected chi connectivity index (χ2v) is 13.0. The largest absolute Gasteiger partial charge is 0.439 e. The summed E-state index contributed by atoms with van der Waals surface area (Å²) in [6, 6.07) is 7.98. The van der Waals surface area contributed by atoms with Gasteiger partial charge in [-0.3, -0.25) is 4.79 Å². The molecule has 35 heavy (non-hydrogen) atoms. The number of furan rings is 1. The van der Waals surface area contributed by atoms with Crippen molar-refractivity contribution in [3.63, 3.8) is 0 Å². The zero-order chi connectivity index (χ0) is 24.8. The molecule has 3 heterocycles. The smallest absolute Gasteiger partial charge is 0.289 e. The van der Waals surface area contributed by atoms with Gasteiger partial charge in [0.1, 0.15) is 5.82 Å². The Morgan fingerprint density at radius 1 is 1.03 bits per heavy atom. The maximum atomic E-state index is 13.4. The molecule has 7 nitrogen and oxygen atoms in total. The highest BCUT2D eigenvalue weighted by Crippen LogP contribution is 2.33. The lowest BCUT2D eigenvalue weighted by Crippen LogP contribution is -2.27. The SMILES string of the molecule is CC(C)(C)c1nc2cc(S(=O)(=O)c3ccc(C(=O)N4CCCC4)o3)ccc2n1CC1CCCCC1. The van der Waals surface area contributed by atoms with Gasteiger partial charge in [0.15, 0.2) is 5.76 Å². The zero-order valence-electron chi connectivity index (χ0n) is 20.9. The first-order chi connectivity index (χ1) is 16.6. The maximum Gasteiger partial charge on any atom is 0.289 e. The quantitative estimate of drug-likeness (QED) is 0.460. The number of hydrogen-bond donors (Lipinski definition) is 0. The Labute approximate surface area is 207 Å². The Hall–Kier alpha value is -2.61. The van der Waals surface area contributed by atoms with Gasteiger partial charge in [-0.2, -0.15) is 0 Å². The van der Waals surface area contributed by atoms with E-state index in [0.29, 0.717) is 24.5 Å². The van der Waals surface area contributed by atoms with Gasteiger partial charge in [-0.1, -0.05) is 40.0 Å². The highest BCUT2D eigenvalue weighted by Gasteiger charge is 2.29. The number of rotatable bonds is 5. The Morgan fingerprint density at radius 2 is 1.74 bits per heavy atom. The van der Waals surface area contributed by atoms with Crippen LogP contribution in [0.15, 0.2) is 44.7 Å². The third kappa shape index (κ3) is 4.65. The number of likely N-dealkylation sites (tertiary alicyclic amines) is 1. The van der Waals surface area contributed by atoms with Crippen LogP contribution in [0.5, 0.6) is 0 Å². The van der Waals surface area contributed by atoms with Crippen molar-refractivity contribution in [3.05, 3.63) is 41.9 Å². The second kappa shape index (κ2) is 9.12. The van der Waals surface area contributed by atoms with Gasteiger partial charge in [0.25, 0.3) is 5.91 Å². The second-order valence-electron chi connectivity index (χ2n) is 11.1. The third-order valence-electron chi connectivity index (χ3n) is 7.32. The normalized spacial score (nSPS) is 18.0. The van der Waals surface area contributed by atoms with E-state index in [1.54, 1.807) is 17.0 Å². The molecule has 2 aliphatic rings. The van der Waals surface area contributed by atoms with Crippen molar-refractivity contribution in [2.45, 2.75) is 87.7 Å². The number of aromatic nitrogens is 2. The van der Waals surface area contributed by atoms with E-state index in [4.69, 9.17) is 9.40 Å². The summed E-state index contributed by atoms with van der Waals surface area (Å²) in [6.45, 7) is 8.70. The summed E-state index contributed by atoms with van der Waals surface area (Å²) in [6.07, 6.45) is 8.24. The number of amides is 1. The average molecular weight is 498 g/mol. The summed E-state index contributed by atoms with van der Waals surface area (Å²) >= 11 is 0. The fourth-order valence-corrected chi connectivity index (χ4v) is 6.63. The van der Waals surface area contributed by atoms with Crippen LogP contribution in [0.2, 0.25) is 0 Å². The van der Waals surface area contributed by atoms with Crippen LogP contribution in [-0.4, -0.2) is 41.9 Å². The zero-order valence-corrected chi connectivity index (χ0v) is 21.7. The molecule has 1 saturated carbocycles. The molecule has 1 aliphatic carbocycles. The molecular formula is C27H35N3O4S. The summed E-state index contributed by atoms with van der Waals surface area (Å²) in [7, 11) is -3.92. The van der Waals surface area contributed by atoms with Crippen molar-refractivity contribution in [2.75, 3.05) is 13.1 Å². The first-order valence-corrected chi connectivity index (χ1v) is 14.3. The van der Waals surface area contributed by atoms with E-state index in [1.165, 1.54) is 44.2 Å². The summed E-state index contributed by atoms with van der Waals surface area (Å²) < 4.78 is 34.6. The highest BCUT2D eigenvalue weighted by molar-refractivity contribution is 7.91. The molecule has 1 aliphatic heterocycles. The Balaban J connectivity index is 1.48. The molecular weight excluding hydrogens is 462 g/mol. The number of benzene rings is 1. The Kier molecular flexibility index (Phi) is 6.28. The molecule has 0 bridgehead atoms. The third-order valence-corrected chi connectivity index (χ3v) is 8.94. The van der Waals surface area contributed by atoms with Crippen molar-refractivity contribution in [1.29, 1.82) is 0 Å². The number of nitrogens with zero attached hydrogens (tertiary/aromatic N) is 3. The van der Waals surface area contributed by atoms with E-state index in [1.807, 2.05) is 6.07 Å². The Morgan fingerprint density at radius 3 is 2.43 bits per heavy atom. The minimum atomic E-state index is -3.92. The van der Waals surface area contributed by atoms with E-state index in [2.05, 4.69) is 25.3 Å². The molecule has 3 aromatic rings. The molecule has 8 heteroatoms. The molecule has 2 aromatic heterocycles. The number of carbonyl (C=O) groups excluding carboxylic acids is 1. The van der Waals surface area contributed by atoms with Crippen molar-refractivity contribution >= 4 is 26.8 Å². The summed E-state index contributed by atoms with van der Waals surface area (Å²) in [5.41, 5.74) is 1.47. The molecule has 0 atom stereocenters. The lowest BCUT2D eigenvalue weighted by molar-refractivity contribution is 0.0755. The van der Waals surface area contributed by atoms with Gasteiger partial charge in [-0.15, -0.1) is 0 Å². The van der Waals surface area contributed by atoms with Crippen LogP contribution >= 0.6 is 0 Å². The van der Waals surface area contributed by atoms with Gasteiger partial charge < -0.3 is 13.9 Å². The lowest BCUT2D eigenvalue weighted by atomic mass is 9.88. The molecule has 0 radical (unpaired) electrons. The molecule has 2 fully saturated rings. The van der Waals surface area contributed by atoms with Crippen molar-refractivity contribution in [1.82, 2.24) is 14.5 Å². The Bertz CT molecular complexity index is 1330. The van der Waals surface area contributed by atoms with Crippen LogP contribution in [0.3, 0.4) is 0 Å². The van der Waals surface area contributed by atoms with Crippen LogP contribution in [-0.2, 0) is 21.8 Å².